The van der Waals surface area contributed by atoms with Gasteiger partial charge in [-0.25, -0.2) is 4.79 Å². The lowest BCUT2D eigenvalue weighted by atomic mass is 9.92. The number of carbonyl (C=O) groups excluding carboxylic acids is 1. The van der Waals surface area contributed by atoms with Gasteiger partial charge in [0.1, 0.15) is 5.54 Å². The number of hydrogen-bond donors (Lipinski definition) is 1. The molecule has 0 aliphatic rings. The van der Waals surface area contributed by atoms with Crippen molar-refractivity contribution in [2.45, 2.75) is 25.8 Å². The fourth-order valence-corrected chi connectivity index (χ4v) is 1.64. The Labute approximate surface area is 96.8 Å². The number of hydrogen-bond acceptors (Lipinski definition) is 3. The fourth-order valence-electron chi connectivity index (χ4n) is 1.64. The maximum Gasteiger partial charge on any atom is 0.330 e. The highest BCUT2D eigenvalue weighted by Gasteiger charge is 2.35. The molecule has 0 aromatic heterocycles. The van der Waals surface area contributed by atoms with Crippen molar-refractivity contribution < 1.29 is 9.53 Å². The molecule has 1 aromatic carbocycles. The van der Waals surface area contributed by atoms with Crippen molar-refractivity contribution in [2.75, 3.05) is 13.7 Å². The largest absolute Gasteiger partial charge is 0.467 e. The summed E-state index contributed by atoms with van der Waals surface area (Å²) < 4.78 is 4.87. The molecule has 3 nitrogen and oxygen atoms in total. The van der Waals surface area contributed by atoms with Crippen molar-refractivity contribution in [2.24, 2.45) is 0 Å². The van der Waals surface area contributed by atoms with Crippen molar-refractivity contribution >= 4 is 5.97 Å². The first-order chi connectivity index (χ1) is 7.65. The van der Waals surface area contributed by atoms with Crippen LogP contribution in [0.3, 0.4) is 0 Å². The Balaban J connectivity index is 2.99. The second-order valence-electron chi connectivity index (χ2n) is 3.91. The molecule has 0 radical (unpaired) electrons. The monoisotopic (exact) mass is 221 g/mol. The summed E-state index contributed by atoms with van der Waals surface area (Å²) in [5.41, 5.74) is 0.168. The van der Waals surface area contributed by atoms with Crippen LogP contribution in [0.5, 0.6) is 0 Å². The zero-order chi connectivity index (χ0) is 12.0. The third kappa shape index (κ3) is 2.61. The molecule has 1 aromatic rings. The third-order valence-electron chi connectivity index (χ3n) is 2.67. The normalized spacial score (nSPS) is 14.2. The molecule has 0 saturated heterocycles. The Morgan fingerprint density at radius 2 is 2.00 bits per heavy atom. The first-order valence-electron chi connectivity index (χ1n) is 5.54. The summed E-state index contributed by atoms with van der Waals surface area (Å²) in [6, 6.07) is 9.63. The van der Waals surface area contributed by atoms with Crippen LogP contribution in [-0.2, 0) is 15.1 Å². The molecule has 0 bridgehead atoms. The fraction of sp³-hybridized carbons (Fsp3) is 0.462. The Bertz CT molecular complexity index is 337. The van der Waals surface area contributed by atoms with Crippen LogP contribution in [0.2, 0.25) is 0 Å². The number of rotatable bonds is 5. The summed E-state index contributed by atoms with van der Waals surface area (Å²) >= 11 is 0. The molecule has 1 atom stereocenters. The van der Waals surface area contributed by atoms with E-state index in [4.69, 9.17) is 4.74 Å². The number of methoxy groups -OCH3 is 1. The molecule has 0 spiro atoms. The first-order valence-corrected chi connectivity index (χ1v) is 5.54. The van der Waals surface area contributed by atoms with Crippen molar-refractivity contribution in [3.8, 4) is 0 Å². The number of nitrogens with one attached hydrogen (secondary N) is 1. The van der Waals surface area contributed by atoms with Gasteiger partial charge in [-0.1, -0.05) is 37.3 Å². The minimum Gasteiger partial charge on any atom is -0.467 e. The molecule has 1 unspecified atom stereocenters. The van der Waals surface area contributed by atoms with Crippen molar-refractivity contribution in [3.05, 3.63) is 35.9 Å². The molecule has 1 N–H and O–H groups in total. The van der Waals surface area contributed by atoms with Crippen LogP contribution >= 0.6 is 0 Å². The van der Waals surface area contributed by atoms with E-state index < -0.39 is 5.54 Å². The van der Waals surface area contributed by atoms with Crippen LogP contribution in [0.25, 0.3) is 0 Å². The minimum atomic E-state index is -0.758. The van der Waals surface area contributed by atoms with Crippen molar-refractivity contribution in [1.82, 2.24) is 5.32 Å². The Kier molecular flexibility index (Phi) is 4.50. The minimum absolute atomic E-state index is 0.257. The van der Waals surface area contributed by atoms with Crippen LogP contribution < -0.4 is 5.32 Å². The molecular weight excluding hydrogens is 202 g/mol. The van der Waals surface area contributed by atoms with Gasteiger partial charge in [-0.3, -0.25) is 5.32 Å². The van der Waals surface area contributed by atoms with E-state index >= 15 is 0 Å². The highest BCUT2D eigenvalue weighted by molar-refractivity contribution is 5.82. The van der Waals surface area contributed by atoms with Crippen LogP contribution in [0.1, 0.15) is 25.8 Å². The van der Waals surface area contributed by atoms with E-state index in [0.717, 1.165) is 18.5 Å². The molecule has 1 rings (SSSR count). The molecular formula is C13H19NO2. The topological polar surface area (TPSA) is 38.3 Å². The van der Waals surface area contributed by atoms with Crippen molar-refractivity contribution in [3.63, 3.8) is 0 Å². The van der Waals surface area contributed by atoms with Gasteiger partial charge in [0, 0.05) is 0 Å². The maximum atomic E-state index is 11.9. The number of benzene rings is 1. The molecule has 0 heterocycles. The standard InChI is InChI=1S/C13H19NO2/c1-4-10-14-13(2,12(15)16-3)11-8-6-5-7-9-11/h5-9,14H,4,10H2,1-3H3. The number of esters is 1. The molecule has 3 heteroatoms. The van der Waals surface area contributed by atoms with Gasteiger partial charge in [-0.2, -0.15) is 0 Å². The van der Waals surface area contributed by atoms with Gasteiger partial charge in [0.05, 0.1) is 7.11 Å². The van der Waals surface area contributed by atoms with Gasteiger partial charge in [-0.15, -0.1) is 0 Å². The smallest absolute Gasteiger partial charge is 0.330 e. The second-order valence-corrected chi connectivity index (χ2v) is 3.91. The Morgan fingerprint density at radius 1 is 1.38 bits per heavy atom. The zero-order valence-electron chi connectivity index (χ0n) is 10.1. The van der Waals surface area contributed by atoms with E-state index in [1.807, 2.05) is 37.3 Å². The molecule has 0 aliphatic heterocycles. The molecule has 0 saturated carbocycles. The quantitative estimate of drug-likeness (QED) is 0.774. The lowest BCUT2D eigenvalue weighted by molar-refractivity contribution is -0.148. The summed E-state index contributed by atoms with van der Waals surface area (Å²) in [7, 11) is 1.41. The van der Waals surface area contributed by atoms with Gasteiger partial charge < -0.3 is 4.74 Å². The zero-order valence-corrected chi connectivity index (χ0v) is 10.1. The van der Waals surface area contributed by atoms with Gasteiger partial charge in [0.25, 0.3) is 0 Å². The summed E-state index contributed by atoms with van der Waals surface area (Å²) in [6.07, 6.45) is 0.972. The molecule has 16 heavy (non-hydrogen) atoms. The Hall–Kier alpha value is -1.35. The van der Waals surface area contributed by atoms with Crippen LogP contribution in [0, 0.1) is 0 Å². The number of ether oxygens (including phenoxy) is 1. The average Bonchev–Trinajstić information content (AvgIpc) is 2.36. The van der Waals surface area contributed by atoms with Gasteiger partial charge in [-0.05, 0) is 25.5 Å². The van der Waals surface area contributed by atoms with Gasteiger partial charge in [0.15, 0.2) is 0 Å². The van der Waals surface area contributed by atoms with E-state index in [0.29, 0.717) is 0 Å². The summed E-state index contributed by atoms with van der Waals surface area (Å²) in [4.78, 5) is 11.9. The maximum absolute atomic E-state index is 11.9. The summed E-state index contributed by atoms with van der Waals surface area (Å²) in [5, 5.41) is 3.24. The summed E-state index contributed by atoms with van der Waals surface area (Å²) in [5.74, 6) is -0.257. The van der Waals surface area contributed by atoms with Gasteiger partial charge >= 0.3 is 5.97 Å². The van der Waals surface area contributed by atoms with E-state index in [-0.39, 0.29) is 5.97 Å². The second kappa shape index (κ2) is 5.66. The molecule has 0 amide bonds. The first kappa shape index (κ1) is 12.7. The van der Waals surface area contributed by atoms with Crippen LogP contribution in [-0.4, -0.2) is 19.6 Å². The summed E-state index contributed by atoms with van der Waals surface area (Å²) in [6.45, 7) is 4.69. The van der Waals surface area contributed by atoms with E-state index in [1.54, 1.807) is 0 Å². The van der Waals surface area contributed by atoms with E-state index in [2.05, 4.69) is 12.2 Å². The number of carbonyl (C=O) groups is 1. The Morgan fingerprint density at radius 3 is 2.50 bits per heavy atom. The molecule has 88 valence electrons. The highest BCUT2D eigenvalue weighted by Crippen LogP contribution is 2.21. The van der Waals surface area contributed by atoms with Crippen molar-refractivity contribution in [1.29, 1.82) is 0 Å². The highest BCUT2D eigenvalue weighted by atomic mass is 16.5. The van der Waals surface area contributed by atoms with Crippen LogP contribution in [0.15, 0.2) is 30.3 Å². The van der Waals surface area contributed by atoms with Crippen LogP contribution in [0.4, 0.5) is 0 Å². The average molecular weight is 221 g/mol. The van der Waals surface area contributed by atoms with E-state index in [1.165, 1.54) is 7.11 Å². The molecule has 0 aliphatic carbocycles. The van der Waals surface area contributed by atoms with E-state index in [9.17, 15) is 4.79 Å². The SMILES string of the molecule is CCCNC(C)(C(=O)OC)c1ccccc1. The predicted octanol–water partition coefficient (Wildman–Crippen LogP) is 2.07. The third-order valence-corrected chi connectivity index (χ3v) is 2.67. The predicted molar refractivity (Wildman–Crippen MR) is 64.1 cm³/mol. The molecule has 0 fully saturated rings. The van der Waals surface area contributed by atoms with Gasteiger partial charge in [0.2, 0.25) is 0 Å². The lowest BCUT2D eigenvalue weighted by Gasteiger charge is -2.28. The lowest BCUT2D eigenvalue weighted by Crippen LogP contribution is -2.47.